The van der Waals surface area contributed by atoms with Crippen molar-refractivity contribution in [2.45, 2.75) is 31.3 Å². The minimum atomic E-state index is -3.37. The fourth-order valence-electron chi connectivity index (χ4n) is 2.37. The molecule has 1 atom stereocenters. The first-order valence-electron chi connectivity index (χ1n) is 6.93. The molecule has 112 valence electrons. The molecule has 0 radical (unpaired) electrons. The lowest BCUT2D eigenvalue weighted by atomic mass is 10.1. The summed E-state index contributed by atoms with van der Waals surface area (Å²) in [6, 6.07) is 14.4. The van der Waals surface area contributed by atoms with Gasteiger partial charge >= 0.3 is 0 Å². The highest BCUT2D eigenvalue weighted by atomic mass is 32.2. The molecular weight excluding hydrogens is 284 g/mol. The number of aryl methyl sites for hydroxylation is 2. The van der Waals surface area contributed by atoms with E-state index in [4.69, 9.17) is 0 Å². The van der Waals surface area contributed by atoms with Crippen LogP contribution in [0.25, 0.3) is 0 Å². The number of rotatable bonds is 5. The smallest absolute Gasteiger partial charge is 0.178 e. The Bertz CT molecular complexity index is 706. The minimum Gasteiger partial charge on any atom is -0.388 e. The van der Waals surface area contributed by atoms with Gasteiger partial charge in [0.2, 0.25) is 0 Å². The fourth-order valence-corrected chi connectivity index (χ4v) is 3.95. The maximum Gasteiger partial charge on any atom is 0.178 e. The van der Waals surface area contributed by atoms with Crippen LogP contribution in [0.5, 0.6) is 0 Å². The van der Waals surface area contributed by atoms with Crippen LogP contribution in [0.1, 0.15) is 29.2 Å². The minimum absolute atomic E-state index is 0.0625. The first kappa shape index (κ1) is 15.7. The molecule has 4 heteroatoms. The van der Waals surface area contributed by atoms with Crippen LogP contribution in [-0.4, -0.2) is 19.3 Å². The predicted molar refractivity (Wildman–Crippen MR) is 84.0 cm³/mol. The van der Waals surface area contributed by atoms with Crippen LogP contribution in [0.4, 0.5) is 0 Å². The van der Waals surface area contributed by atoms with Crippen molar-refractivity contribution >= 4 is 9.84 Å². The average molecular weight is 304 g/mol. The summed E-state index contributed by atoms with van der Waals surface area (Å²) in [7, 11) is -3.37. The van der Waals surface area contributed by atoms with Crippen molar-refractivity contribution in [2.24, 2.45) is 0 Å². The monoisotopic (exact) mass is 304 g/mol. The van der Waals surface area contributed by atoms with Crippen LogP contribution in [0.15, 0.2) is 53.4 Å². The Morgan fingerprint density at radius 2 is 1.71 bits per heavy atom. The molecule has 2 aromatic rings. The van der Waals surface area contributed by atoms with Crippen LogP contribution in [0.3, 0.4) is 0 Å². The molecule has 2 aromatic carbocycles. The van der Waals surface area contributed by atoms with E-state index in [-0.39, 0.29) is 12.2 Å². The van der Waals surface area contributed by atoms with Gasteiger partial charge in [0.1, 0.15) is 0 Å². The van der Waals surface area contributed by atoms with E-state index in [9.17, 15) is 13.5 Å². The standard InChI is InChI=1S/C17H20O3S/c1-13-8-9-17(14(2)12-13)21(19,20)11-10-16(18)15-6-4-3-5-7-15/h3-9,12,16,18H,10-11H2,1-2H3. The quantitative estimate of drug-likeness (QED) is 0.923. The van der Waals surface area contributed by atoms with Crippen LogP contribution in [-0.2, 0) is 9.84 Å². The van der Waals surface area contributed by atoms with Crippen LogP contribution in [0, 0.1) is 13.8 Å². The van der Waals surface area contributed by atoms with Gasteiger partial charge in [-0.3, -0.25) is 0 Å². The molecule has 0 amide bonds. The van der Waals surface area contributed by atoms with Crippen LogP contribution < -0.4 is 0 Å². The molecule has 0 fully saturated rings. The molecule has 1 N–H and O–H groups in total. The summed E-state index contributed by atoms with van der Waals surface area (Å²) in [4.78, 5) is 0.355. The zero-order chi connectivity index (χ0) is 15.5. The van der Waals surface area contributed by atoms with Gasteiger partial charge in [-0.2, -0.15) is 0 Å². The topological polar surface area (TPSA) is 54.4 Å². The Labute approximate surface area is 126 Å². The fraction of sp³-hybridized carbons (Fsp3) is 0.294. The van der Waals surface area contributed by atoms with Gasteiger partial charge in [-0.25, -0.2) is 8.42 Å². The zero-order valence-corrected chi connectivity index (χ0v) is 13.1. The van der Waals surface area contributed by atoms with Crippen molar-refractivity contribution in [1.29, 1.82) is 0 Å². The van der Waals surface area contributed by atoms with Crippen molar-refractivity contribution in [3.05, 3.63) is 65.2 Å². The van der Waals surface area contributed by atoms with Crippen molar-refractivity contribution in [2.75, 3.05) is 5.75 Å². The highest BCUT2D eigenvalue weighted by molar-refractivity contribution is 7.91. The Kier molecular flexibility index (Phi) is 4.80. The predicted octanol–water partition coefficient (Wildman–Crippen LogP) is 3.20. The Balaban J connectivity index is 2.11. The third-order valence-electron chi connectivity index (χ3n) is 3.51. The molecule has 0 saturated heterocycles. The summed E-state index contributed by atoms with van der Waals surface area (Å²) in [6.07, 6.45) is -0.564. The van der Waals surface area contributed by atoms with Gasteiger partial charge in [0.05, 0.1) is 16.8 Å². The molecule has 0 spiro atoms. The summed E-state index contributed by atoms with van der Waals surface area (Å²) in [5.41, 5.74) is 2.54. The first-order valence-corrected chi connectivity index (χ1v) is 8.58. The van der Waals surface area contributed by atoms with E-state index in [1.54, 1.807) is 31.2 Å². The van der Waals surface area contributed by atoms with Gasteiger partial charge in [-0.1, -0.05) is 48.0 Å². The number of sulfone groups is 1. The van der Waals surface area contributed by atoms with Gasteiger partial charge in [-0.15, -0.1) is 0 Å². The van der Waals surface area contributed by atoms with Crippen molar-refractivity contribution in [3.8, 4) is 0 Å². The molecule has 2 rings (SSSR count). The molecule has 0 aliphatic heterocycles. The third kappa shape index (κ3) is 3.93. The number of aliphatic hydroxyl groups excluding tert-OH is 1. The Hall–Kier alpha value is -1.65. The maximum absolute atomic E-state index is 12.4. The van der Waals surface area contributed by atoms with Crippen molar-refractivity contribution in [1.82, 2.24) is 0 Å². The average Bonchev–Trinajstić information content (AvgIpc) is 2.45. The summed E-state index contributed by atoms with van der Waals surface area (Å²) < 4.78 is 24.8. The highest BCUT2D eigenvalue weighted by Gasteiger charge is 2.19. The van der Waals surface area contributed by atoms with Crippen LogP contribution in [0.2, 0.25) is 0 Å². The molecule has 0 saturated carbocycles. The third-order valence-corrected chi connectivity index (χ3v) is 5.41. The van der Waals surface area contributed by atoms with E-state index in [0.29, 0.717) is 4.90 Å². The molecule has 0 bridgehead atoms. The second-order valence-corrected chi connectivity index (χ2v) is 7.38. The van der Waals surface area contributed by atoms with Crippen molar-refractivity contribution in [3.63, 3.8) is 0 Å². The van der Waals surface area contributed by atoms with E-state index >= 15 is 0 Å². The lowest BCUT2D eigenvalue weighted by Crippen LogP contribution is -2.12. The normalized spacial score (nSPS) is 13.1. The molecular formula is C17H20O3S. The SMILES string of the molecule is Cc1ccc(S(=O)(=O)CCC(O)c2ccccc2)c(C)c1. The highest BCUT2D eigenvalue weighted by Crippen LogP contribution is 2.22. The summed E-state index contributed by atoms with van der Waals surface area (Å²) in [5, 5.41) is 10.1. The molecule has 0 heterocycles. The van der Waals surface area contributed by atoms with E-state index in [1.807, 2.05) is 31.2 Å². The van der Waals surface area contributed by atoms with Crippen molar-refractivity contribution < 1.29 is 13.5 Å². The largest absolute Gasteiger partial charge is 0.388 e. The van der Waals surface area contributed by atoms with Gasteiger partial charge in [0.25, 0.3) is 0 Å². The lowest BCUT2D eigenvalue weighted by molar-refractivity contribution is 0.174. The van der Waals surface area contributed by atoms with Gasteiger partial charge < -0.3 is 5.11 Å². The summed E-state index contributed by atoms with van der Waals surface area (Å²) in [5.74, 6) is -0.0625. The first-order chi connectivity index (χ1) is 9.90. The van der Waals surface area contributed by atoms with E-state index < -0.39 is 15.9 Å². The number of hydrogen-bond acceptors (Lipinski definition) is 3. The maximum atomic E-state index is 12.4. The second-order valence-electron chi connectivity index (χ2n) is 5.30. The van der Waals surface area contributed by atoms with E-state index in [2.05, 4.69) is 0 Å². The molecule has 3 nitrogen and oxygen atoms in total. The van der Waals surface area contributed by atoms with E-state index in [1.165, 1.54) is 0 Å². The summed E-state index contributed by atoms with van der Waals surface area (Å²) in [6.45, 7) is 3.73. The Morgan fingerprint density at radius 1 is 1.05 bits per heavy atom. The molecule has 1 unspecified atom stereocenters. The number of benzene rings is 2. The van der Waals surface area contributed by atoms with Gasteiger partial charge in [0, 0.05) is 0 Å². The summed E-state index contributed by atoms with van der Waals surface area (Å²) >= 11 is 0. The molecule has 0 aliphatic carbocycles. The molecule has 0 aromatic heterocycles. The number of hydrogen-bond donors (Lipinski definition) is 1. The Morgan fingerprint density at radius 3 is 2.33 bits per heavy atom. The molecule has 21 heavy (non-hydrogen) atoms. The molecule has 0 aliphatic rings. The second kappa shape index (κ2) is 6.41. The van der Waals surface area contributed by atoms with Gasteiger partial charge in [-0.05, 0) is 37.5 Å². The number of aliphatic hydroxyl groups is 1. The van der Waals surface area contributed by atoms with Crippen LogP contribution >= 0.6 is 0 Å². The zero-order valence-electron chi connectivity index (χ0n) is 12.3. The lowest BCUT2D eigenvalue weighted by Gasteiger charge is -2.12. The van der Waals surface area contributed by atoms with Gasteiger partial charge in [0.15, 0.2) is 9.84 Å². The van der Waals surface area contributed by atoms with E-state index in [0.717, 1.165) is 16.7 Å².